The van der Waals surface area contributed by atoms with E-state index in [1.807, 2.05) is 6.92 Å². The highest BCUT2D eigenvalue weighted by molar-refractivity contribution is 6.34. The summed E-state index contributed by atoms with van der Waals surface area (Å²) < 4.78 is 5.25. The van der Waals surface area contributed by atoms with Crippen LogP contribution in [0.5, 0.6) is 5.75 Å². The molecular weight excluding hydrogens is 223 g/mol. The maximum atomic E-state index is 9.37. The molecule has 4 heteroatoms. The highest BCUT2D eigenvalue weighted by Gasteiger charge is 2.11. The fraction of sp³-hybridized carbons (Fsp3) is 0.400. The van der Waals surface area contributed by atoms with Crippen LogP contribution in [0.1, 0.15) is 25.5 Å². The summed E-state index contributed by atoms with van der Waals surface area (Å²) in [4.78, 5) is 0. The van der Waals surface area contributed by atoms with Crippen molar-refractivity contribution in [3.05, 3.63) is 27.7 Å². The highest BCUT2D eigenvalue weighted by Crippen LogP contribution is 2.33. The molecular formula is C10H12Cl2O2. The monoisotopic (exact) mass is 234 g/mol. The minimum absolute atomic E-state index is 0.465. The summed E-state index contributed by atoms with van der Waals surface area (Å²) in [6.07, 6.45) is -0.629. The average Bonchev–Trinajstić information content (AvgIpc) is 2.10. The van der Waals surface area contributed by atoms with Gasteiger partial charge in [-0.2, -0.15) is 0 Å². The standard InChI is InChI=1S/C10H12Cl2O2/c1-3-14-10-5-8(11)7(6(2)13)4-9(10)12/h4-6,13H,3H2,1-2H3/t6-/m0/s1. The van der Waals surface area contributed by atoms with Crippen molar-refractivity contribution >= 4 is 23.2 Å². The van der Waals surface area contributed by atoms with Crippen LogP contribution in [0.25, 0.3) is 0 Å². The van der Waals surface area contributed by atoms with Gasteiger partial charge in [-0.3, -0.25) is 0 Å². The Morgan fingerprint density at radius 1 is 1.36 bits per heavy atom. The van der Waals surface area contributed by atoms with Gasteiger partial charge in [-0.05, 0) is 19.9 Å². The summed E-state index contributed by atoms with van der Waals surface area (Å²) in [5.41, 5.74) is 0.611. The van der Waals surface area contributed by atoms with E-state index >= 15 is 0 Å². The summed E-state index contributed by atoms with van der Waals surface area (Å²) in [7, 11) is 0. The second-order valence-electron chi connectivity index (χ2n) is 2.91. The molecule has 1 aromatic rings. The summed E-state index contributed by atoms with van der Waals surface area (Å²) in [6.45, 7) is 4.04. The Labute approximate surface area is 93.4 Å². The van der Waals surface area contributed by atoms with Gasteiger partial charge in [0.25, 0.3) is 0 Å². The van der Waals surface area contributed by atoms with E-state index in [1.54, 1.807) is 19.1 Å². The molecule has 0 amide bonds. The van der Waals surface area contributed by atoms with Crippen LogP contribution >= 0.6 is 23.2 Å². The lowest BCUT2D eigenvalue weighted by Gasteiger charge is -2.11. The molecule has 1 N–H and O–H groups in total. The molecule has 0 aliphatic heterocycles. The van der Waals surface area contributed by atoms with Gasteiger partial charge in [0, 0.05) is 11.6 Å². The van der Waals surface area contributed by atoms with Crippen LogP contribution in [0.15, 0.2) is 12.1 Å². The second kappa shape index (κ2) is 4.87. The van der Waals surface area contributed by atoms with Gasteiger partial charge in [0.15, 0.2) is 0 Å². The van der Waals surface area contributed by atoms with Gasteiger partial charge in [-0.25, -0.2) is 0 Å². The zero-order valence-corrected chi connectivity index (χ0v) is 9.56. The molecule has 1 rings (SSSR count). The number of ether oxygens (including phenoxy) is 1. The van der Waals surface area contributed by atoms with Gasteiger partial charge in [0.05, 0.1) is 22.8 Å². The molecule has 0 aromatic heterocycles. The van der Waals surface area contributed by atoms with Crippen molar-refractivity contribution in [3.63, 3.8) is 0 Å². The second-order valence-corrected chi connectivity index (χ2v) is 3.73. The summed E-state index contributed by atoms with van der Waals surface area (Å²) in [5, 5.41) is 10.3. The molecule has 0 aliphatic rings. The first-order valence-electron chi connectivity index (χ1n) is 4.36. The Hall–Kier alpha value is -0.440. The third kappa shape index (κ3) is 2.53. The van der Waals surface area contributed by atoms with Crippen molar-refractivity contribution in [2.75, 3.05) is 6.61 Å². The quantitative estimate of drug-likeness (QED) is 0.869. The molecule has 2 nitrogen and oxygen atoms in total. The van der Waals surface area contributed by atoms with E-state index in [0.29, 0.717) is 28.0 Å². The zero-order valence-electron chi connectivity index (χ0n) is 8.05. The molecule has 0 spiro atoms. The Balaban J connectivity index is 3.10. The number of hydrogen-bond acceptors (Lipinski definition) is 2. The van der Waals surface area contributed by atoms with Crippen molar-refractivity contribution < 1.29 is 9.84 Å². The molecule has 1 atom stereocenters. The van der Waals surface area contributed by atoms with Crippen LogP contribution in [0.4, 0.5) is 0 Å². The molecule has 0 radical (unpaired) electrons. The normalized spacial score (nSPS) is 12.6. The van der Waals surface area contributed by atoms with E-state index in [1.165, 1.54) is 0 Å². The molecule has 1 aromatic carbocycles. The van der Waals surface area contributed by atoms with Gasteiger partial charge < -0.3 is 9.84 Å². The first-order chi connectivity index (χ1) is 6.56. The van der Waals surface area contributed by atoms with Crippen molar-refractivity contribution in [2.45, 2.75) is 20.0 Å². The van der Waals surface area contributed by atoms with Crippen molar-refractivity contribution in [1.82, 2.24) is 0 Å². The van der Waals surface area contributed by atoms with Crippen LogP contribution in [-0.4, -0.2) is 11.7 Å². The van der Waals surface area contributed by atoms with Crippen molar-refractivity contribution in [2.24, 2.45) is 0 Å². The minimum Gasteiger partial charge on any atom is -0.492 e. The van der Waals surface area contributed by atoms with E-state index in [0.717, 1.165) is 0 Å². The van der Waals surface area contributed by atoms with Crippen molar-refractivity contribution in [1.29, 1.82) is 0 Å². The fourth-order valence-corrected chi connectivity index (χ4v) is 1.67. The molecule has 0 unspecified atom stereocenters. The first-order valence-corrected chi connectivity index (χ1v) is 5.11. The fourth-order valence-electron chi connectivity index (χ4n) is 1.13. The molecule has 0 aliphatic carbocycles. The smallest absolute Gasteiger partial charge is 0.139 e. The Morgan fingerprint density at radius 3 is 2.50 bits per heavy atom. The van der Waals surface area contributed by atoms with Crippen LogP contribution in [0, 0.1) is 0 Å². The maximum absolute atomic E-state index is 9.37. The highest BCUT2D eigenvalue weighted by atomic mass is 35.5. The van der Waals surface area contributed by atoms with Crippen LogP contribution in [-0.2, 0) is 0 Å². The Kier molecular flexibility index (Phi) is 4.05. The summed E-state index contributed by atoms with van der Waals surface area (Å²) >= 11 is 11.9. The van der Waals surface area contributed by atoms with Crippen LogP contribution in [0.2, 0.25) is 10.0 Å². The molecule has 0 saturated heterocycles. The summed E-state index contributed by atoms with van der Waals surface area (Å²) in [6, 6.07) is 3.25. The zero-order chi connectivity index (χ0) is 10.7. The predicted octanol–water partition coefficient (Wildman–Crippen LogP) is 3.45. The number of halogens is 2. The topological polar surface area (TPSA) is 29.5 Å². The average molecular weight is 235 g/mol. The van der Waals surface area contributed by atoms with E-state index in [9.17, 15) is 5.11 Å². The number of benzene rings is 1. The lowest BCUT2D eigenvalue weighted by molar-refractivity contribution is 0.199. The maximum Gasteiger partial charge on any atom is 0.139 e. The third-order valence-electron chi connectivity index (χ3n) is 1.80. The van der Waals surface area contributed by atoms with E-state index in [4.69, 9.17) is 27.9 Å². The van der Waals surface area contributed by atoms with Gasteiger partial charge in [0.1, 0.15) is 5.75 Å². The van der Waals surface area contributed by atoms with Gasteiger partial charge in [-0.1, -0.05) is 23.2 Å². The summed E-state index contributed by atoms with van der Waals surface area (Å²) in [5.74, 6) is 0.545. The van der Waals surface area contributed by atoms with Crippen molar-refractivity contribution in [3.8, 4) is 5.75 Å². The lowest BCUT2D eigenvalue weighted by Crippen LogP contribution is -1.96. The predicted molar refractivity (Wildman–Crippen MR) is 58.3 cm³/mol. The van der Waals surface area contributed by atoms with Crippen LogP contribution in [0.3, 0.4) is 0 Å². The van der Waals surface area contributed by atoms with Gasteiger partial charge in [0.2, 0.25) is 0 Å². The first kappa shape index (κ1) is 11.6. The number of aliphatic hydroxyl groups excluding tert-OH is 1. The van der Waals surface area contributed by atoms with Crippen LogP contribution < -0.4 is 4.74 Å². The van der Waals surface area contributed by atoms with E-state index in [-0.39, 0.29) is 0 Å². The largest absolute Gasteiger partial charge is 0.492 e. The molecule has 0 saturated carbocycles. The molecule has 14 heavy (non-hydrogen) atoms. The number of aliphatic hydroxyl groups is 1. The van der Waals surface area contributed by atoms with E-state index < -0.39 is 6.10 Å². The van der Waals surface area contributed by atoms with Gasteiger partial charge >= 0.3 is 0 Å². The lowest BCUT2D eigenvalue weighted by atomic mass is 10.1. The molecule has 0 fully saturated rings. The molecule has 0 bridgehead atoms. The number of rotatable bonds is 3. The van der Waals surface area contributed by atoms with E-state index in [2.05, 4.69) is 0 Å². The van der Waals surface area contributed by atoms with Gasteiger partial charge in [-0.15, -0.1) is 0 Å². The third-order valence-corrected chi connectivity index (χ3v) is 2.42. The molecule has 0 heterocycles. The Morgan fingerprint density at radius 2 is 2.00 bits per heavy atom. The Bertz CT molecular complexity index is 324. The SMILES string of the molecule is CCOc1cc(Cl)c([C@H](C)O)cc1Cl. The molecule has 78 valence electrons. The number of hydrogen-bond donors (Lipinski definition) is 1. The minimum atomic E-state index is -0.629.